The summed E-state index contributed by atoms with van der Waals surface area (Å²) >= 11 is 1.46. The number of aromatic nitrogens is 2. The molecule has 15 heavy (non-hydrogen) atoms. The first kappa shape index (κ1) is 10.4. The topological polar surface area (TPSA) is 52.1 Å². The van der Waals surface area contributed by atoms with Gasteiger partial charge in [-0.3, -0.25) is 4.79 Å². The number of thioether (sulfide) groups is 1. The molecule has 1 unspecified atom stereocenters. The Morgan fingerprint density at radius 3 is 2.87 bits per heavy atom. The number of esters is 1. The summed E-state index contributed by atoms with van der Waals surface area (Å²) in [7, 11) is 0. The largest absolute Gasteiger partial charge is 0.465 e. The van der Waals surface area contributed by atoms with Gasteiger partial charge in [-0.25, -0.2) is 9.97 Å². The van der Waals surface area contributed by atoms with Gasteiger partial charge >= 0.3 is 5.97 Å². The number of hydrogen-bond acceptors (Lipinski definition) is 5. The van der Waals surface area contributed by atoms with Gasteiger partial charge in [0.15, 0.2) is 0 Å². The predicted octanol–water partition coefficient (Wildman–Crippen LogP) is 1.50. The summed E-state index contributed by atoms with van der Waals surface area (Å²) in [6.07, 6.45) is 0.769. The fourth-order valence-electron chi connectivity index (χ4n) is 1.47. The molecule has 2 heterocycles. The van der Waals surface area contributed by atoms with Crippen LogP contribution in [0.5, 0.6) is 0 Å². The summed E-state index contributed by atoms with van der Waals surface area (Å²) in [5.41, 5.74) is 0.927. The van der Waals surface area contributed by atoms with Gasteiger partial charge in [0, 0.05) is 12.1 Å². The highest BCUT2D eigenvalue weighted by Gasteiger charge is 2.27. The molecular formula is C10H12N2O2S. The number of aryl methyl sites for hydroxylation is 2. The van der Waals surface area contributed by atoms with E-state index in [1.54, 1.807) is 0 Å². The van der Waals surface area contributed by atoms with E-state index >= 15 is 0 Å². The van der Waals surface area contributed by atoms with Crippen LogP contribution in [0.25, 0.3) is 0 Å². The van der Waals surface area contributed by atoms with E-state index in [4.69, 9.17) is 4.74 Å². The number of ether oxygens (including phenoxy) is 1. The highest BCUT2D eigenvalue weighted by atomic mass is 32.2. The van der Waals surface area contributed by atoms with E-state index in [0.29, 0.717) is 6.61 Å². The van der Waals surface area contributed by atoms with Crippen molar-refractivity contribution in [1.82, 2.24) is 9.97 Å². The third-order valence-corrected chi connectivity index (χ3v) is 3.26. The van der Waals surface area contributed by atoms with Crippen molar-refractivity contribution in [2.45, 2.75) is 30.5 Å². The molecule has 0 N–H and O–H groups in total. The zero-order chi connectivity index (χ0) is 10.8. The number of cyclic esters (lactones) is 1. The van der Waals surface area contributed by atoms with E-state index in [0.717, 1.165) is 23.0 Å². The van der Waals surface area contributed by atoms with Crippen molar-refractivity contribution < 1.29 is 9.53 Å². The molecule has 0 saturated carbocycles. The molecule has 1 saturated heterocycles. The Morgan fingerprint density at radius 2 is 2.27 bits per heavy atom. The maximum Gasteiger partial charge on any atom is 0.319 e. The normalized spacial score (nSPS) is 20.4. The Hall–Kier alpha value is -1.10. The van der Waals surface area contributed by atoms with Gasteiger partial charge in [0.25, 0.3) is 0 Å². The van der Waals surface area contributed by atoms with Crippen LogP contribution in [0.3, 0.4) is 0 Å². The lowest BCUT2D eigenvalue weighted by molar-refractivity contribution is -0.137. The first-order valence-corrected chi connectivity index (χ1v) is 5.69. The second kappa shape index (κ2) is 4.18. The van der Waals surface area contributed by atoms with Crippen molar-refractivity contribution in [3.8, 4) is 0 Å². The van der Waals surface area contributed by atoms with Gasteiger partial charge < -0.3 is 4.74 Å². The number of hydrogen-bond donors (Lipinski definition) is 0. The van der Waals surface area contributed by atoms with Crippen LogP contribution >= 0.6 is 11.8 Å². The Kier molecular flexibility index (Phi) is 2.90. The summed E-state index contributed by atoms with van der Waals surface area (Å²) in [5.74, 6) is 0.609. The quantitative estimate of drug-likeness (QED) is 0.563. The lowest BCUT2D eigenvalue weighted by atomic mass is 10.4. The minimum atomic E-state index is -0.131. The van der Waals surface area contributed by atoms with Gasteiger partial charge in [0.1, 0.15) is 16.1 Å². The van der Waals surface area contributed by atoms with E-state index in [2.05, 4.69) is 9.97 Å². The van der Waals surface area contributed by atoms with Gasteiger partial charge in [0.2, 0.25) is 0 Å². The molecule has 1 fully saturated rings. The lowest BCUT2D eigenvalue weighted by Gasteiger charge is -2.05. The zero-order valence-corrected chi connectivity index (χ0v) is 9.50. The molecule has 2 rings (SSSR count). The molecule has 0 spiro atoms. The first-order valence-electron chi connectivity index (χ1n) is 4.81. The van der Waals surface area contributed by atoms with E-state index in [1.807, 2.05) is 19.9 Å². The third kappa shape index (κ3) is 2.47. The van der Waals surface area contributed by atoms with Crippen molar-refractivity contribution in [2.24, 2.45) is 0 Å². The molecule has 1 aromatic rings. The van der Waals surface area contributed by atoms with Gasteiger partial charge in [-0.15, -0.1) is 0 Å². The smallest absolute Gasteiger partial charge is 0.319 e. The van der Waals surface area contributed by atoms with Crippen LogP contribution < -0.4 is 0 Å². The second-order valence-electron chi connectivity index (χ2n) is 3.46. The number of nitrogens with zero attached hydrogens (tertiary/aromatic N) is 2. The number of carbonyl (C=O) groups excluding carboxylic acids is 1. The maximum absolute atomic E-state index is 11.3. The molecule has 0 bridgehead atoms. The Labute approximate surface area is 92.5 Å². The molecule has 0 amide bonds. The van der Waals surface area contributed by atoms with Gasteiger partial charge in [-0.1, -0.05) is 11.8 Å². The van der Waals surface area contributed by atoms with Crippen LogP contribution in [0.2, 0.25) is 0 Å². The minimum Gasteiger partial charge on any atom is -0.465 e. The molecule has 0 radical (unpaired) electrons. The van der Waals surface area contributed by atoms with Crippen molar-refractivity contribution >= 4 is 17.7 Å². The predicted molar refractivity (Wildman–Crippen MR) is 56.7 cm³/mol. The zero-order valence-electron chi connectivity index (χ0n) is 8.69. The number of rotatable bonds is 2. The van der Waals surface area contributed by atoms with Gasteiger partial charge in [-0.2, -0.15) is 0 Å². The number of carbonyl (C=O) groups is 1. The fourth-order valence-corrected chi connectivity index (χ4v) is 2.57. The molecule has 5 heteroatoms. The summed E-state index contributed by atoms with van der Waals surface area (Å²) < 4.78 is 4.89. The van der Waals surface area contributed by atoms with Crippen molar-refractivity contribution in [2.75, 3.05) is 6.61 Å². The highest BCUT2D eigenvalue weighted by molar-refractivity contribution is 8.00. The van der Waals surface area contributed by atoms with Crippen LogP contribution in [0.15, 0.2) is 11.1 Å². The van der Waals surface area contributed by atoms with E-state index in [1.165, 1.54) is 11.8 Å². The Balaban J connectivity index is 2.13. The molecule has 1 aliphatic heterocycles. The standard InChI is InChI=1S/C10H12N2O2S/c1-6-5-9(12-7(2)11-6)15-8-3-4-14-10(8)13/h5,8H,3-4H2,1-2H3. The van der Waals surface area contributed by atoms with Crippen LogP contribution in [-0.2, 0) is 9.53 Å². The molecule has 0 aromatic carbocycles. The van der Waals surface area contributed by atoms with Crippen LogP contribution in [-0.4, -0.2) is 27.8 Å². The van der Waals surface area contributed by atoms with Crippen LogP contribution in [0.1, 0.15) is 17.9 Å². The average Bonchev–Trinajstić information content (AvgIpc) is 2.50. The summed E-state index contributed by atoms with van der Waals surface area (Å²) in [6.45, 7) is 4.30. The molecule has 80 valence electrons. The first-order chi connectivity index (χ1) is 7.15. The molecule has 1 aliphatic rings. The molecule has 0 aliphatic carbocycles. The highest BCUT2D eigenvalue weighted by Crippen LogP contribution is 2.28. The molecule has 1 aromatic heterocycles. The monoisotopic (exact) mass is 224 g/mol. The van der Waals surface area contributed by atoms with E-state index in [-0.39, 0.29) is 11.2 Å². The van der Waals surface area contributed by atoms with Crippen molar-refractivity contribution in [1.29, 1.82) is 0 Å². The summed E-state index contributed by atoms with van der Waals surface area (Å²) in [4.78, 5) is 19.7. The Bertz CT molecular complexity index is 375. The average molecular weight is 224 g/mol. The summed E-state index contributed by atoms with van der Waals surface area (Å²) in [5, 5.41) is 0.752. The Morgan fingerprint density at radius 1 is 1.47 bits per heavy atom. The van der Waals surface area contributed by atoms with Crippen molar-refractivity contribution in [3.05, 3.63) is 17.6 Å². The van der Waals surface area contributed by atoms with Crippen LogP contribution in [0.4, 0.5) is 0 Å². The van der Waals surface area contributed by atoms with Crippen LogP contribution in [0, 0.1) is 13.8 Å². The molecule has 4 nitrogen and oxygen atoms in total. The SMILES string of the molecule is Cc1cc(SC2CCOC2=O)nc(C)n1. The van der Waals surface area contributed by atoms with E-state index in [9.17, 15) is 4.79 Å². The third-order valence-electron chi connectivity index (χ3n) is 2.09. The fraction of sp³-hybridized carbons (Fsp3) is 0.500. The maximum atomic E-state index is 11.3. The molecule has 1 atom stereocenters. The summed E-state index contributed by atoms with van der Waals surface area (Å²) in [6, 6.07) is 1.89. The van der Waals surface area contributed by atoms with Gasteiger partial charge in [-0.05, 0) is 19.9 Å². The van der Waals surface area contributed by atoms with Gasteiger partial charge in [0.05, 0.1) is 6.61 Å². The minimum absolute atomic E-state index is 0.0984. The second-order valence-corrected chi connectivity index (χ2v) is 4.68. The van der Waals surface area contributed by atoms with Crippen molar-refractivity contribution in [3.63, 3.8) is 0 Å². The lowest BCUT2D eigenvalue weighted by Crippen LogP contribution is -2.10. The van der Waals surface area contributed by atoms with E-state index < -0.39 is 0 Å². The molecular weight excluding hydrogens is 212 g/mol.